The summed E-state index contributed by atoms with van der Waals surface area (Å²) < 4.78 is 5.27. The van der Waals surface area contributed by atoms with E-state index in [4.69, 9.17) is 4.74 Å². The van der Waals surface area contributed by atoms with Crippen LogP contribution in [0.2, 0.25) is 0 Å². The summed E-state index contributed by atoms with van der Waals surface area (Å²) in [6.07, 6.45) is 5.18. The van der Waals surface area contributed by atoms with E-state index in [-0.39, 0.29) is 0 Å². The maximum atomic E-state index is 11.2. The minimum atomic E-state index is -0.998. The van der Waals surface area contributed by atoms with Crippen LogP contribution in [0, 0.1) is 16.7 Å². The van der Waals surface area contributed by atoms with Crippen LogP contribution in [-0.4, -0.2) is 12.2 Å². The fraction of sp³-hybridized carbons (Fsp3) is 0.562. The molecule has 1 aromatic rings. The Balaban J connectivity index is 2.11. The molecule has 3 rings (SSSR count). The highest BCUT2D eigenvalue weighted by Gasteiger charge is 2.55. The van der Waals surface area contributed by atoms with Gasteiger partial charge in [0.05, 0.1) is 18.6 Å². The van der Waals surface area contributed by atoms with E-state index in [1.54, 1.807) is 7.11 Å². The largest absolute Gasteiger partial charge is 0.497 e. The van der Waals surface area contributed by atoms with Crippen molar-refractivity contribution in [3.05, 3.63) is 29.3 Å². The Morgan fingerprint density at radius 1 is 1.26 bits per heavy atom. The zero-order valence-electron chi connectivity index (χ0n) is 11.3. The smallest absolute Gasteiger partial charge is 0.119 e. The Labute approximate surface area is 113 Å². The summed E-state index contributed by atoms with van der Waals surface area (Å²) in [4.78, 5) is 0. The third-order valence-electron chi connectivity index (χ3n) is 4.98. The molecule has 0 spiro atoms. The molecular formula is C16H19NO2. The first-order valence-electron chi connectivity index (χ1n) is 6.96. The van der Waals surface area contributed by atoms with Gasteiger partial charge in [0, 0.05) is 0 Å². The number of ether oxygens (including phenoxy) is 1. The van der Waals surface area contributed by atoms with Gasteiger partial charge in [0.25, 0.3) is 0 Å². The Morgan fingerprint density at radius 3 is 2.63 bits per heavy atom. The molecule has 0 heterocycles. The molecule has 19 heavy (non-hydrogen) atoms. The summed E-state index contributed by atoms with van der Waals surface area (Å²) in [5.41, 5.74) is 0.465. The van der Waals surface area contributed by atoms with Crippen molar-refractivity contribution in [2.75, 3.05) is 7.11 Å². The van der Waals surface area contributed by atoms with Crippen LogP contribution in [-0.2, 0) is 12.0 Å². The van der Waals surface area contributed by atoms with Crippen molar-refractivity contribution >= 4 is 0 Å². The monoisotopic (exact) mass is 257 g/mol. The predicted octanol–water partition coefficient (Wildman–Crippen LogP) is 2.91. The average Bonchev–Trinajstić information content (AvgIpc) is 3.06. The van der Waals surface area contributed by atoms with Crippen LogP contribution in [0.15, 0.2) is 18.2 Å². The van der Waals surface area contributed by atoms with Gasteiger partial charge in [-0.25, -0.2) is 0 Å². The molecule has 1 unspecified atom stereocenters. The molecule has 2 aliphatic rings. The minimum absolute atomic E-state index is 0.607. The molecule has 1 N–H and O–H groups in total. The zero-order valence-corrected chi connectivity index (χ0v) is 11.3. The number of nitriles is 1. The molecule has 1 aromatic carbocycles. The standard InChI is InChI=1S/C16H19NO2/c1-19-13-5-4-12-6-9-16(18,14(12)10-13)15(11-17)7-2-3-8-15/h4-5,10,18H,2-3,6-9H2,1H3. The van der Waals surface area contributed by atoms with Crippen molar-refractivity contribution in [3.63, 3.8) is 0 Å². The van der Waals surface area contributed by atoms with Crippen LogP contribution in [0.3, 0.4) is 0 Å². The van der Waals surface area contributed by atoms with E-state index in [2.05, 4.69) is 6.07 Å². The van der Waals surface area contributed by atoms with Crippen molar-refractivity contribution in [2.24, 2.45) is 5.41 Å². The summed E-state index contributed by atoms with van der Waals surface area (Å²) >= 11 is 0. The number of fused-ring (bicyclic) bond motifs is 1. The molecule has 3 heteroatoms. The number of hydrogen-bond donors (Lipinski definition) is 1. The second-order valence-electron chi connectivity index (χ2n) is 5.78. The molecule has 0 aliphatic heterocycles. The van der Waals surface area contributed by atoms with Crippen LogP contribution in [0.25, 0.3) is 0 Å². The normalized spacial score (nSPS) is 27.8. The number of rotatable bonds is 2. The highest BCUT2D eigenvalue weighted by molar-refractivity contribution is 5.45. The number of nitrogens with zero attached hydrogens (tertiary/aromatic N) is 1. The van der Waals surface area contributed by atoms with E-state index in [9.17, 15) is 10.4 Å². The van der Waals surface area contributed by atoms with Crippen LogP contribution in [0.1, 0.15) is 43.2 Å². The minimum Gasteiger partial charge on any atom is -0.497 e. The van der Waals surface area contributed by atoms with Crippen LogP contribution in [0.5, 0.6) is 5.75 Å². The molecular weight excluding hydrogens is 238 g/mol. The van der Waals surface area contributed by atoms with Crippen molar-refractivity contribution < 1.29 is 9.84 Å². The first kappa shape index (κ1) is 12.5. The molecule has 3 nitrogen and oxygen atoms in total. The van der Waals surface area contributed by atoms with Gasteiger partial charge < -0.3 is 9.84 Å². The van der Waals surface area contributed by atoms with E-state index in [0.29, 0.717) is 6.42 Å². The summed E-state index contributed by atoms with van der Waals surface area (Å²) in [5.74, 6) is 0.755. The number of hydrogen-bond acceptors (Lipinski definition) is 3. The van der Waals surface area contributed by atoms with Gasteiger partial charge >= 0.3 is 0 Å². The third-order valence-corrected chi connectivity index (χ3v) is 4.98. The quantitative estimate of drug-likeness (QED) is 0.886. The van der Waals surface area contributed by atoms with E-state index < -0.39 is 11.0 Å². The van der Waals surface area contributed by atoms with Crippen molar-refractivity contribution in [1.29, 1.82) is 5.26 Å². The molecule has 1 atom stereocenters. The second-order valence-corrected chi connectivity index (χ2v) is 5.78. The maximum absolute atomic E-state index is 11.2. The van der Waals surface area contributed by atoms with Gasteiger partial charge in [0.2, 0.25) is 0 Å². The fourth-order valence-electron chi connectivity index (χ4n) is 3.83. The lowest BCUT2D eigenvalue weighted by atomic mass is 9.68. The van der Waals surface area contributed by atoms with Crippen LogP contribution in [0.4, 0.5) is 0 Å². The fourth-order valence-corrected chi connectivity index (χ4v) is 3.83. The van der Waals surface area contributed by atoms with Gasteiger partial charge in [0.15, 0.2) is 0 Å². The Kier molecular flexibility index (Phi) is 2.79. The van der Waals surface area contributed by atoms with Crippen LogP contribution >= 0.6 is 0 Å². The molecule has 0 radical (unpaired) electrons. The second kappa shape index (κ2) is 4.25. The lowest BCUT2D eigenvalue weighted by Crippen LogP contribution is -2.41. The first-order valence-corrected chi connectivity index (χ1v) is 6.96. The summed E-state index contributed by atoms with van der Waals surface area (Å²) in [5, 5.41) is 20.9. The van der Waals surface area contributed by atoms with Gasteiger partial charge in [-0.2, -0.15) is 5.26 Å². The SMILES string of the molecule is COc1ccc2c(c1)C(O)(C1(C#N)CCCC1)CC2. The number of methoxy groups -OCH3 is 1. The predicted molar refractivity (Wildman–Crippen MR) is 71.7 cm³/mol. The zero-order chi connectivity index (χ0) is 13.5. The van der Waals surface area contributed by atoms with Gasteiger partial charge in [-0.3, -0.25) is 0 Å². The lowest BCUT2D eigenvalue weighted by Gasteiger charge is -2.38. The number of benzene rings is 1. The molecule has 0 bridgehead atoms. The molecule has 1 saturated carbocycles. The van der Waals surface area contributed by atoms with Gasteiger partial charge in [-0.05, 0) is 48.9 Å². The van der Waals surface area contributed by atoms with Gasteiger partial charge in [-0.15, -0.1) is 0 Å². The van der Waals surface area contributed by atoms with E-state index in [1.165, 1.54) is 0 Å². The molecule has 1 fully saturated rings. The third kappa shape index (κ3) is 1.60. The Morgan fingerprint density at radius 2 is 2.00 bits per heavy atom. The number of aryl methyl sites for hydroxylation is 1. The average molecular weight is 257 g/mol. The van der Waals surface area contributed by atoms with Crippen LogP contribution < -0.4 is 4.74 Å². The highest BCUT2D eigenvalue weighted by atomic mass is 16.5. The molecule has 0 amide bonds. The topological polar surface area (TPSA) is 53.2 Å². The van der Waals surface area contributed by atoms with Gasteiger partial charge in [0.1, 0.15) is 11.4 Å². The lowest BCUT2D eigenvalue weighted by molar-refractivity contribution is -0.0576. The van der Waals surface area contributed by atoms with Crippen molar-refractivity contribution in [3.8, 4) is 11.8 Å². The molecule has 2 aliphatic carbocycles. The summed E-state index contributed by atoms with van der Waals surface area (Å²) in [6, 6.07) is 8.31. The Bertz CT molecular complexity index is 540. The maximum Gasteiger partial charge on any atom is 0.119 e. The summed E-state index contributed by atoms with van der Waals surface area (Å²) in [7, 11) is 1.63. The molecule has 0 aromatic heterocycles. The number of aliphatic hydroxyl groups is 1. The van der Waals surface area contributed by atoms with Crippen molar-refractivity contribution in [2.45, 2.75) is 44.1 Å². The Hall–Kier alpha value is -1.53. The van der Waals surface area contributed by atoms with Gasteiger partial charge in [-0.1, -0.05) is 18.9 Å². The summed E-state index contributed by atoms with van der Waals surface area (Å²) in [6.45, 7) is 0. The van der Waals surface area contributed by atoms with Crippen molar-refractivity contribution in [1.82, 2.24) is 0 Å². The van der Waals surface area contributed by atoms with E-state index in [0.717, 1.165) is 49.0 Å². The van der Waals surface area contributed by atoms with E-state index >= 15 is 0 Å². The first-order chi connectivity index (χ1) is 9.15. The molecule has 0 saturated heterocycles. The highest BCUT2D eigenvalue weighted by Crippen LogP contribution is 2.56. The molecule has 100 valence electrons. The van der Waals surface area contributed by atoms with E-state index in [1.807, 2.05) is 18.2 Å².